The summed E-state index contributed by atoms with van der Waals surface area (Å²) in [4.78, 5) is 13.7. The Kier molecular flexibility index (Phi) is 5.82. The van der Waals surface area contributed by atoms with E-state index in [1.807, 2.05) is 13.8 Å². The normalized spacial score (nSPS) is 11.4. The van der Waals surface area contributed by atoms with Crippen LogP contribution in [0.4, 0.5) is 0 Å². The first-order chi connectivity index (χ1) is 9.22. The molecule has 0 radical (unpaired) electrons. The summed E-state index contributed by atoms with van der Waals surface area (Å²) < 4.78 is 22.8. The summed E-state index contributed by atoms with van der Waals surface area (Å²) >= 11 is 11.9. The second kappa shape index (κ2) is 6.76. The molecule has 0 unspecified atom stereocenters. The minimum Gasteiger partial charge on any atom is -0.339 e. The fourth-order valence-corrected chi connectivity index (χ4v) is 2.77. The number of amides is 1. The van der Waals surface area contributed by atoms with Crippen LogP contribution in [-0.4, -0.2) is 32.3 Å². The Morgan fingerprint density at radius 2 is 1.90 bits per heavy atom. The number of halogens is 2. The number of carbonyl (C=O) groups is 1. The van der Waals surface area contributed by atoms with Gasteiger partial charge in [0.15, 0.2) is 0 Å². The van der Waals surface area contributed by atoms with E-state index < -0.39 is 10.0 Å². The molecule has 0 atom stereocenters. The Morgan fingerprint density at radius 3 is 2.35 bits per heavy atom. The second-order valence-electron chi connectivity index (χ2n) is 4.20. The standard InChI is InChI=1S/C12H16Cl2N2O3S/c1-3-5-16(4-2)12(17)9-6-8(20(15,18)19)7-10(13)11(9)14/h6-7H,3-5H2,1-2H3,(H2,15,18,19). The van der Waals surface area contributed by atoms with Gasteiger partial charge in [0.1, 0.15) is 0 Å². The zero-order chi connectivity index (χ0) is 15.5. The Bertz CT molecular complexity index is 617. The number of nitrogens with zero attached hydrogens (tertiary/aromatic N) is 1. The minimum atomic E-state index is -3.96. The average Bonchev–Trinajstić information content (AvgIpc) is 2.37. The van der Waals surface area contributed by atoms with Gasteiger partial charge < -0.3 is 4.90 Å². The topological polar surface area (TPSA) is 80.5 Å². The van der Waals surface area contributed by atoms with Crippen LogP contribution in [0.25, 0.3) is 0 Å². The van der Waals surface area contributed by atoms with E-state index in [1.54, 1.807) is 4.90 Å². The van der Waals surface area contributed by atoms with Crippen LogP contribution >= 0.6 is 23.2 Å². The van der Waals surface area contributed by atoms with Crippen LogP contribution in [0.15, 0.2) is 17.0 Å². The van der Waals surface area contributed by atoms with Crippen LogP contribution in [0.1, 0.15) is 30.6 Å². The van der Waals surface area contributed by atoms with Gasteiger partial charge in [0.2, 0.25) is 10.0 Å². The second-order valence-corrected chi connectivity index (χ2v) is 6.54. The van der Waals surface area contributed by atoms with E-state index in [0.717, 1.165) is 18.6 Å². The third-order valence-corrected chi connectivity index (χ3v) is 4.42. The molecule has 0 bridgehead atoms. The van der Waals surface area contributed by atoms with E-state index in [-0.39, 0.29) is 26.4 Å². The molecule has 0 aliphatic heterocycles. The zero-order valence-electron chi connectivity index (χ0n) is 11.2. The number of rotatable bonds is 5. The maximum Gasteiger partial charge on any atom is 0.255 e. The fraction of sp³-hybridized carbons (Fsp3) is 0.417. The highest BCUT2D eigenvalue weighted by molar-refractivity contribution is 7.89. The van der Waals surface area contributed by atoms with Gasteiger partial charge in [-0.1, -0.05) is 30.1 Å². The smallest absolute Gasteiger partial charge is 0.255 e. The third-order valence-electron chi connectivity index (χ3n) is 2.72. The lowest BCUT2D eigenvalue weighted by atomic mass is 10.2. The first-order valence-electron chi connectivity index (χ1n) is 6.03. The van der Waals surface area contributed by atoms with E-state index >= 15 is 0 Å². The van der Waals surface area contributed by atoms with Gasteiger partial charge in [0.25, 0.3) is 5.91 Å². The molecule has 0 fully saturated rings. The molecule has 0 saturated carbocycles. The Morgan fingerprint density at radius 1 is 1.30 bits per heavy atom. The van der Waals surface area contributed by atoms with Crippen molar-refractivity contribution in [3.05, 3.63) is 27.7 Å². The number of nitrogens with two attached hydrogens (primary N) is 1. The van der Waals surface area contributed by atoms with Crippen LogP contribution < -0.4 is 5.14 Å². The molecule has 0 aliphatic rings. The Balaban J connectivity index is 3.37. The molecule has 1 aromatic carbocycles. The summed E-state index contributed by atoms with van der Waals surface area (Å²) in [7, 11) is -3.96. The van der Waals surface area contributed by atoms with Gasteiger partial charge in [0.05, 0.1) is 20.5 Å². The molecular weight excluding hydrogens is 323 g/mol. The van der Waals surface area contributed by atoms with Crippen molar-refractivity contribution in [1.29, 1.82) is 0 Å². The predicted molar refractivity (Wildman–Crippen MR) is 79.7 cm³/mol. The third kappa shape index (κ3) is 3.85. The highest BCUT2D eigenvalue weighted by atomic mass is 35.5. The molecule has 2 N–H and O–H groups in total. The molecule has 0 aliphatic carbocycles. The first kappa shape index (κ1) is 17.2. The lowest BCUT2D eigenvalue weighted by molar-refractivity contribution is 0.0764. The number of sulfonamides is 1. The monoisotopic (exact) mass is 338 g/mol. The molecule has 20 heavy (non-hydrogen) atoms. The van der Waals surface area contributed by atoms with Gasteiger partial charge in [-0.3, -0.25) is 4.79 Å². The van der Waals surface area contributed by atoms with Gasteiger partial charge in [-0.15, -0.1) is 0 Å². The van der Waals surface area contributed by atoms with Crippen molar-refractivity contribution in [3.63, 3.8) is 0 Å². The van der Waals surface area contributed by atoms with E-state index in [2.05, 4.69) is 0 Å². The number of primary sulfonamides is 1. The lowest BCUT2D eigenvalue weighted by Gasteiger charge is -2.21. The lowest BCUT2D eigenvalue weighted by Crippen LogP contribution is -2.32. The maximum absolute atomic E-state index is 12.4. The van der Waals surface area contributed by atoms with Crippen molar-refractivity contribution in [1.82, 2.24) is 4.90 Å². The van der Waals surface area contributed by atoms with Crippen molar-refractivity contribution in [2.45, 2.75) is 25.2 Å². The van der Waals surface area contributed by atoms with Crippen molar-refractivity contribution in [3.8, 4) is 0 Å². The Labute approximate surface area is 128 Å². The van der Waals surface area contributed by atoms with Crippen LogP contribution in [-0.2, 0) is 10.0 Å². The van der Waals surface area contributed by atoms with Gasteiger partial charge in [-0.2, -0.15) is 0 Å². The minimum absolute atomic E-state index is 0.0194. The summed E-state index contributed by atoms with van der Waals surface area (Å²) in [5.41, 5.74) is 0.0403. The number of hydrogen-bond donors (Lipinski definition) is 1. The van der Waals surface area contributed by atoms with Crippen molar-refractivity contribution >= 4 is 39.1 Å². The van der Waals surface area contributed by atoms with Crippen molar-refractivity contribution in [2.24, 2.45) is 5.14 Å². The fourth-order valence-electron chi connectivity index (χ4n) is 1.73. The molecule has 1 aromatic rings. The number of hydrogen-bond acceptors (Lipinski definition) is 3. The summed E-state index contributed by atoms with van der Waals surface area (Å²) in [6.07, 6.45) is 0.778. The molecule has 8 heteroatoms. The molecule has 0 spiro atoms. The van der Waals surface area contributed by atoms with Gasteiger partial charge in [0, 0.05) is 13.1 Å². The largest absolute Gasteiger partial charge is 0.339 e. The van der Waals surface area contributed by atoms with E-state index in [0.29, 0.717) is 13.1 Å². The van der Waals surface area contributed by atoms with Gasteiger partial charge >= 0.3 is 0 Å². The molecular formula is C12H16Cl2N2O3S. The summed E-state index contributed by atoms with van der Waals surface area (Å²) in [5.74, 6) is -0.369. The van der Waals surface area contributed by atoms with Gasteiger partial charge in [-0.05, 0) is 25.5 Å². The molecule has 1 amide bonds. The Hall–Kier alpha value is -0.820. The summed E-state index contributed by atoms with van der Waals surface area (Å²) in [6, 6.07) is 2.29. The number of carbonyl (C=O) groups excluding carboxylic acids is 1. The molecule has 0 aromatic heterocycles. The van der Waals surface area contributed by atoms with Crippen LogP contribution in [0, 0.1) is 0 Å². The maximum atomic E-state index is 12.4. The summed E-state index contributed by atoms with van der Waals surface area (Å²) in [6.45, 7) is 4.79. The first-order valence-corrected chi connectivity index (χ1v) is 8.33. The van der Waals surface area contributed by atoms with Crippen molar-refractivity contribution < 1.29 is 13.2 Å². The highest BCUT2D eigenvalue weighted by Gasteiger charge is 2.22. The van der Waals surface area contributed by atoms with Crippen molar-refractivity contribution in [2.75, 3.05) is 13.1 Å². The number of benzene rings is 1. The predicted octanol–water partition coefficient (Wildman–Crippen LogP) is 2.51. The zero-order valence-corrected chi connectivity index (χ0v) is 13.5. The van der Waals surface area contributed by atoms with Crippen LogP contribution in [0.5, 0.6) is 0 Å². The van der Waals surface area contributed by atoms with Crippen LogP contribution in [0.2, 0.25) is 10.0 Å². The van der Waals surface area contributed by atoms with E-state index in [9.17, 15) is 13.2 Å². The molecule has 0 saturated heterocycles. The molecule has 0 heterocycles. The SMILES string of the molecule is CCCN(CC)C(=O)c1cc(S(N)(=O)=O)cc(Cl)c1Cl. The van der Waals surface area contributed by atoms with E-state index in [1.165, 1.54) is 0 Å². The molecule has 112 valence electrons. The van der Waals surface area contributed by atoms with Gasteiger partial charge in [-0.25, -0.2) is 13.6 Å². The average molecular weight is 339 g/mol. The quantitative estimate of drug-likeness (QED) is 0.895. The van der Waals surface area contributed by atoms with Crippen LogP contribution in [0.3, 0.4) is 0 Å². The molecule has 5 nitrogen and oxygen atoms in total. The molecule has 1 rings (SSSR count). The van der Waals surface area contributed by atoms with E-state index in [4.69, 9.17) is 28.3 Å². The highest BCUT2D eigenvalue weighted by Crippen LogP contribution is 2.30. The summed E-state index contributed by atoms with van der Waals surface area (Å²) in [5, 5.41) is 5.06.